The number of benzene rings is 1. The van der Waals surface area contributed by atoms with Crippen LogP contribution in [0.15, 0.2) is 17.0 Å². The first-order valence-corrected chi connectivity index (χ1v) is 8.01. The largest absolute Gasteiger partial charge is 0.392 e. The highest BCUT2D eigenvalue weighted by atomic mass is 32.2. The van der Waals surface area contributed by atoms with E-state index in [0.717, 1.165) is 30.4 Å². The van der Waals surface area contributed by atoms with E-state index < -0.39 is 10.0 Å². The van der Waals surface area contributed by atoms with Crippen molar-refractivity contribution < 1.29 is 13.5 Å². The Morgan fingerprint density at radius 1 is 1.32 bits per heavy atom. The van der Waals surface area contributed by atoms with Gasteiger partial charge in [0.1, 0.15) is 0 Å². The maximum Gasteiger partial charge on any atom is 0.241 e. The molecule has 0 saturated heterocycles. The van der Waals surface area contributed by atoms with Crippen LogP contribution in [0.4, 0.5) is 0 Å². The van der Waals surface area contributed by atoms with Gasteiger partial charge >= 0.3 is 0 Å². The van der Waals surface area contributed by atoms with Gasteiger partial charge in [-0.1, -0.05) is 6.07 Å². The van der Waals surface area contributed by atoms with Gasteiger partial charge in [-0.15, -0.1) is 0 Å². The number of aryl methyl sites for hydroxylation is 1. The average molecular weight is 283 g/mol. The Morgan fingerprint density at radius 3 is 2.42 bits per heavy atom. The zero-order chi connectivity index (χ0) is 14.3. The monoisotopic (exact) mass is 283 g/mol. The first-order chi connectivity index (χ1) is 8.77. The van der Waals surface area contributed by atoms with Crippen LogP contribution < -0.4 is 4.72 Å². The second-order valence-corrected chi connectivity index (χ2v) is 7.36. The standard InChI is InChI=1S/C14H21NO3S/c1-10-7-12(9-16)8-13(11(10)2)19(17,18)15-14(3)5-4-6-14/h7-8,15-16H,4-6,9H2,1-3H3. The highest BCUT2D eigenvalue weighted by Crippen LogP contribution is 2.33. The van der Waals surface area contributed by atoms with Crippen LogP contribution in [-0.2, 0) is 16.6 Å². The molecule has 1 aliphatic carbocycles. The molecule has 0 aliphatic heterocycles. The fraction of sp³-hybridized carbons (Fsp3) is 0.571. The van der Waals surface area contributed by atoms with E-state index in [4.69, 9.17) is 0 Å². The Hall–Kier alpha value is -0.910. The summed E-state index contributed by atoms with van der Waals surface area (Å²) in [6.07, 6.45) is 2.82. The molecule has 0 radical (unpaired) electrons. The zero-order valence-electron chi connectivity index (χ0n) is 11.7. The van der Waals surface area contributed by atoms with Crippen LogP contribution in [0.5, 0.6) is 0 Å². The van der Waals surface area contributed by atoms with Crippen LogP contribution in [0, 0.1) is 13.8 Å². The van der Waals surface area contributed by atoms with Crippen LogP contribution in [0.2, 0.25) is 0 Å². The van der Waals surface area contributed by atoms with Gasteiger partial charge in [0.25, 0.3) is 0 Å². The van der Waals surface area contributed by atoms with Crippen molar-refractivity contribution in [2.45, 2.75) is 57.1 Å². The van der Waals surface area contributed by atoms with Crippen molar-refractivity contribution in [3.63, 3.8) is 0 Å². The summed E-state index contributed by atoms with van der Waals surface area (Å²) in [5.74, 6) is 0. The van der Waals surface area contributed by atoms with E-state index in [0.29, 0.717) is 5.56 Å². The summed E-state index contributed by atoms with van der Waals surface area (Å²) in [6.45, 7) is 5.44. The van der Waals surface area contributed by atoms with Gasteiger partial charge in [-0.05, 0) is 62.8 Å². The second-order valence-electron chi connectivity index (χ2n) is 5.71. The minimum Gasteiger partial charge on any atom is -0.392 e. The third kappa shape index (κ3) is 2.83. The Labute approximate surface area is 114 Å². The third-order valence-electron chi connectivity index (χ3n) is 3.99. The van der Waals surface area contributed by atoms with E-state index in [1.165, 1.54) is 0 Å². The van der Waals surface area contributed by atoms with Crippen molar-refractivity contribution in [2.24, 2.45) is 0 Å². The van der Waals surface area contributed by atoms with E-state index in [-0.39, 0.29) is 17.0 Å². The molecule has 1 fully saturated rings. The molecule has 0 amide bonds. The Kier molecular flexibility index (Phi) is 3.73. The molecule has 1 aromatic rings. The summed E-state index contributed by atoms with van der Waals surface area (Å²) in [7, 11) is -3.53. The van der Waals surface area contributed by atoms with Crippen LogP contribution in [0.25, 0.3) is 0 Å². The maximum atomic E-state index is 12.5. The Bertz CT molecular complexity index is 589. The van der Waals surface area contributed by atoms with E-state index >= 15 is 0 Å². The van der Waals surface area contributed by atoms with Gasteiger partial charge in [-0.2, -0.15) is 0 Å². The molecule has 4 nitrogen and oxygen atoms in total. The summed E-state index contributed by atoms with van der Waals surface area (Å²) in [4.78, 5) is 0.282. The van der Waals surface area contributed by atoms with Crippen LogP contribution in [0.1, 0.15) is 42.9 Å². The van der Waals surface area contributed by atoms with E-state index in [1.807, 2.05) is 19.9 Å². The molecule has 2 rings (SSSR count). The Morgan fingerprint density at radius 2 is 1.95 bits per heavy atom. The topological polar surface area (TPSA) is 66.4 Å². The van der Waals surface area contributed by atoms with Gasteiger partial charge in [0.15, 0.2) is 0 Å². The van der Waals surface area contributed by atoms with E-state index in [2.05, 4.69) is 4.72 Å². The summed E-state index contributed by atoms with van der Waals surface area (Å²) >= 11 is 0. The fourth-order valence-electron chi connectivity index (χ4n) is 2.46. The summed E-state index contributed by atoms with van der Waals surface area (Å²) in [5.41, 5.74) is 1.94. The van der Waals surface area contributed by atoms with Gasteiger partial charge in [-0.3, -0.25) is 0 Å². The number of aliphatic hydroxyl groups excluding tert-OH is 1. The van der Waals surface area contributed by atoms with Crippen LogP contribution in [0.3, 0.4) is 0 Å². The molecular formula is C14H21NO3S. The van der Waals surface area contributed by atoms with Crippen molar-refractivity contribution in [2.75, 3.05) is 0 Å². The zero-order valence-corrected chi connectivity index (χ0v) is 12.5. The summed E-state index contributed by atoms with van der Waals surface area (Å²) < 4.78 is 27.8. The molecule has 1 aromatic carbocycles. The molecular weight excluding hydrogens is 262 g/mol. The van der Waals surface area contributed by atoms with Gasteiger partial charge < -0.3 is 5.11 Å². The number of hydrogen-bond acceptors (Lipinski definition) is 3. The highest BCUT2D eigenvalue weighted by molar-refractivity contribution is 7.89. The molecule has 5 heteroatoms. The second kappa shape index (κ2) is 4.89. The molecule has 0 heterocycles. The lowest BCUT2D eigenvalue weighted by molar-refractivity contribution is 0.248. The minimum absolute atomic E-state index is 0.152. The molecule has 0 atom stereocenters. The van der Waals surface area contributed by atoms with Crippen LogP contribution in [-0.4, -0.2) is 19.1 Å². The molecule has 0 unspecified atom stereocenters. The van der Waals surface area contributed by atoms with Gasteiger partial charge in [-0.25, -0.2) is 13.1 Å². The summed E-state index contributed by atoms with van der Waals surface area (Å²) in [5, 5.41) is 9.22. The number of rotatable bonds is 4. The van der Waals surface area contributed by atoms with Gasteiger partial charge in [0, 0.05) is 5.54 Å². The number of hydrogen-bond donors (Lipinski definition) is 2. The molecule has 2 N–H and O–H groups in total. The van der Waals surface area contributed by atoms with Gasteiger partial charge in [0.2, 0.25) is 10.0 Å². The lowest BCUT2D eigenvalue weighted by atomic mass is 9.80. The van der Waals surface area contributed by atoms with Gasteiger partial charge in [0.05, 0.1) is 11.5 Å². The predicted molar refractivity (Wildman–Crippen MR) is 74.4 cm³/mol. The average Bonchev–Trinajstić information content (AvgIpc) is 2.29. The van der Waals surface area contributed by atoms with Crippen molar-refractivity contribution in [3.8, 4) is 0 Å². The van der Waals surface area contributed by atoms with Crippen molar-refractivity contribution >= 4 is 10.0 Å². The molecule has 106 valence electrons. The van der Waals surface area contributed by atoms with E-state index in [9.17, 15) is 13.5 Å². The number of sulfonamides is 1. The van der Waals surface area contributed by atoms with E-state index in [1.54, 1.807) is 13.0 Å². The Balaban J connectivity index is 2.42. The fourth-order valence-corrected chi connectivity index (χ4v) is 4.29. The first kappa shape index (κ1) is 14.5. The normalized spacial score (nSPS) is 18.1. The van der Waals surface area contributed by atoms with Crippen molar-refractivity contribution in [1.82, 2.24) is 4.72 Å². The molecule has 1 aliphatic rings. The number of aliphatic hydroxyl groups is 1. The van der Waals surface area contributed by atoms with Crippen molar-refractivity contribution in [1.29, 1.82) is 0 Å². The molecule has 1 saturated carbocycles. The molecule has 0 aromatic heterocycles. The van der Waals surface area contributed by atoms with Crippen molar-refractivity contribution in [3.05, 3.63) is 28.8 Å². The highest BCUT2D eigenvalue weighted by Gasteiger charge is 2.36. The molecule has 19 heavy (non-hydrogen) atoms. The maximum absolute atomic E-state index is 12.5. The number of nitrogens with one attached hydrogen (secondary N) is 1. The lowest BCUT2D eigenvalue weighted by Gasteiger charge is -2.38. The molecule has 0 bridgehead atoms. The lowest BCUT2D eigenvalue weighted by Crippen LogP contribution is -2.50. The summed E-state index contributed by atoms with van der Waals surface area (Å²) in [6, 6.07) is 3.38. The third-order valence-corrected chi connectivity index (χ3v) is 5.75. The SMILES string of the molecule is Cc1cc(CO)cc(S(=O)(=O)NC2(C)CCC2)c1C. The quantitative estimate of drug-likeness (QED) is 0.888. The minimum atomic E-state index is -3.53. The first-order valence-electron chi connectivity index (χ1n) is 6.52. The smallest absolute Gasteiger partial charge is 0.241 e. The molecule has 0 spiro atoms. The van der Waals surface area contributed by atoms with Crippen LogP contribution >= 0.6 is 0 Å². The predicted octanol–water partition coefficient (Wildman–Crippen LogP) is 2.02.